The quantitative estimate of drug-likeness (QED) is 0.876. The summed E-state index contributed by atoms with van der Waals surface area (Å²) in [5.74, 6) is 0. The van der Waals surface area contributed by atoms with E-state index in [0.29, 0.717) is 6.54 Å². The zero-order valence-corrected chi connectivity index (χ0v) is 13.3. The molecule has 2 aromatic heterocycles. The molecule has 2 rings (SSSR count). The van der Waals surface area contributed by atoms with Crippen molar-refractivity contribution in [1.82, 2.24) is 9.88 Å². The summed E-state index contributed by atoms with van der Waals surface area (Å²) >= 11 is 5.35. The highest BCUT2D eigenvalue weighted by atomic mass is 79.9. The molecule has 2 aromatic rings. The molecule has 2 heterocycles. The number of nitrogens with two attached hydrogens (primary N) is 1. The standard InChI is InChI=1S/C14H18BrN3S/c1-2-18(10-11-5-3-4-7-17-11)13(9-16)14-12(15)6-8-19-14/h3-8,13H,2,9-10,16H2,1H3. The van der Waals surface area contributed by atoms with Gasteiger partial charge in [0.25, 0.3) is 0 Å². The van der Waals surface area contributed by atoms with Crippen LogP contribution in [0.2, 0.25) is 0 Å². The second-order valence-corrected chi connectivity index (χ2v) is 6.07. The fourth-order valence-corrected chi connectivity index (χ4v) is 3.89. The van der Waals surface area contributed by atoms with E-state index in [2.05, 4.69) is 50.3 Å². The van der Waals surface area contributed by atoms with Crippen LogP contribution in [0.1, 0.15) is 23.5 Å². The van der Waals surface area contributed by atoms with E-state index in [1.54, 1.807) is 11.3 Å². The largest absolute Gasteiger partial charge is 0.329 e. The summed E-state index contributed by atoms with van der Waals surface area (Å²) in [5, 5.41) is 2.09. The van der Waals surface area contributed by atoms with Crippen molar-refractivity contribution in [1.29, 1.82) is 0 Å². The molecule has 0 aromatic carbocycles. The topological polar surface area (TPSA) is 42.2 Å². The van der Waals surface area contributed by atoms with Crippen molar-refractivity contribution in [3.05, 3.63) is 50.9 Å². The Kier molecular flexibility index (Phi) is 5.51. The number of likely N-dealkylation sites (N-methyl/N-ethyl adjacent to an activating group) is 1. The minimum atomic E-state index is 0.237. The summed E-state index contributed by atoms with van der Waals surface area (Å²) in [6.07, 6.45) is 1.84. The highest BCUT2D eigenvalue weighted by Crippen LogP contribution is 2.32. The molecular formula is C14H18BrN3S. The van der Waals surface area contributed by atoms with Gasteiger partial charge in [-0.3, -0.25) is 9.88 Å². The smallest absolute Gasteiger partial charge is 0.0579 e. The van der Waals surface area contributed by atoms with Gasteiger partial charge in [-0.2, -0.15) is 0 Å². The van der Waals surface area contributed by atoms with E-state index >= 15 is 0 Å². The van der Waals surface area contributed by atoms with Crippen molar-refractivity contribution < 1.29 is 0 Å². The maximum Gasteiger partial charge on any atom is 0.0579 e. The molecule has 0 saturated carbocycles. The molecule has 0 aliphatic heterocycles. The molecule has 0 radical (unpaired) electrons. The number of aromatic nitrogens is 1. The molecule has 0 aliphatic rings. The van der Waals surface area contributed by atoms with Crippen LogP contribution in [0.4, 0.5) is 0 Å². The number of thiophene rings is 1. The monoisotopic (exact) mass is 339 g/mol. The Bertz CT molecular complexity index is 500. The Morgan fingerprint density at radius 1 is 1.42 bits per heavy atom. The van der Waals surface area contributed by atoms with Crippen molar-refractivity contribution in [2.45, 2.75) is 19.5 Å². The Hall–Kier alpha value is -0.750. The summed E-state index contributed by atoms with van der Waals surface area (Å²) in [5.41, 5.74) is 7.07. The van der Waals surface area contributed by atoms with Gasteiger partial charge in [-0.1, -0.05) is 13.0 Å². The van der Waals surface area contributed by atoms with E-state index in [1.165, 1.54) is 4.88 Å². The first-order chi connectivity index (χ1) is 9.26. The summed E-state index contributed by atoms with van der Waals surface area (Å²) in [4.78, 5) is 8.05. The Balaban J connectivity index is 2.18. The van der Waals surface area contributed by atoms with Gasteiger partial charge in [0.15, 0.2) is 0 Å². The molecule has 1 unspecified atom stereocenters. The van der Waals surface area contributed by atoms with Crippen LogP contribution in [-0.2, 0) is 6.54 Å². The van der Waals surface area contributed by atoms with Crippen molar-refractivity contribution in [2.75, 3.05) is 13.1 Å². The first-order valence-electron chi connectivity index (χ1n) is 6.33. The minimum Gasteiger partial charge on any atom is -0.329 e. The average Bonchev–Trinajstić information content (AvgIpc) is 2.86. The van der Waals surface area contributed by atoms with Gasteiger partial charge >= 0.3 is 0 Å². The van der Waals surface area contributed by atoms with E-state index in [4.69, 9.17) is 5.73 Å². The summed E-state index contributed by atoms with van der Waals surface area (Å²) in [6.45, 7) is 4.54. The van der Waals surface area contributed by atoms with E-state index in [0.717, 1.165) is 23.3 Å². The molecule has 0 spiro atoms. The normalized spacial score (nSPS) is 12.8. The van der Waals surface area contributed by atoms with Crippen molar-refractivity contribution >= 4 is 27.3 Å². The third-order valence-electron chi connectivity index (χ3n) is 3.11. The first-order valence-corrected chi connectivity index (χ1v) is 8.00. The minimum absolute atomic E-state index is 0.237. The lowest BCUT2D eigenvalue weighted by molar-refractivity contribution is 0.203. The van der Waals surface area contributed by atoms with Crippen LogP contribution in [0.15, 0.2) is 40.3 Å². The summed E-state index contributed by atoms with van der Waals surface area (Å²) in [6, 6.07) is 8.34. The number of hydrogen-bond acceptors (Lipinski definition) is 4. The Labute approximate surface area is 126 Å². The van der Waals surface area contributed by atoms with E-state index in [9.17, 15) is 0 Å². The number of rotatable bonds is 6. The highest BCUT2D eigenvalue weighted by molar-refractivity contribution is 9.10. The average molecular weight is 340 g/mol. The fourth-order valence-electron chi connectivity index (χ4n) is 2.11. The molecule has 0 bridgehead atoms. The van der Waals surface area contributed by atoms with Gasteiger partial charge in [0.1, 0.15) is 0 Å². The van der Waals surface area contributed by atoms with Crippen LogP contribution < -0.4 is 5.73 Å². The van der Waals surface area contributed by atoms with Gasteiger partial charge in [0, 0.05) is 28.6 Å². The molecule has 0 saturated heterocycles. The predicted octanol–water partition coefficient (Wildman–Crippen LogP) is 3.43. The molecule has 102 valence electrons. The molecule has 3 nitrogen and oxygen atoms in total. The second kappa shape index (κ2) is 7.14. The van der Waals surface area contributed by atoms with Gasteiger partial charge in [0.05, 0.1) is 11.7 Å². The molecular weight excluding hydrogens is 322 g/mol. The van der Waals surface area contributed by atoms with Crippen LogP contribution in [0.25, 0.3) is 0 Å². The van der Waals surface area contributed by atoms with Crippen molar-refractivity contribution in [2.24, 2.45) is 5.73 Å². The molecule has 19 heavy (non-hydrogen) atoms. The van der Waals surface area contributed by atoms with Crippen molar-refractivity contribution in [3.8, 4) is 0 Å². The Morgan fingerprint density at radius 3 is 2.79 bits per heavy atom. The van der Waals surface area contributed by atoms with Crippen LogP contribution in [-0.4, -0.2) is 23.0 Å². The summed E-state index contributed by atoms with van der Waals surface area (Å²) < 4.78 is 1.15. The number of hydrogen-bond donors (Lipinski definition) is 1. The maximum absolute atomic E-state index is 5.99. The SMILES string of the molecule is CCN(Cc1ccccn1)C(CN)c1sccc1Br. The van der Waals surface area contributed by atoms with Gasteiger partial charge < -0.3 is 5.73 Å². The predicted molar refractivity (Wildman–Crippen MR) is 84.1 cm³/mol. The van der Waals surface area contributed by atoms with Gasteiger partial charge in [-0.05, 0) is 46.1 Å². The number of halogens is 1. The van der Waals surface area contributed by atoms with Gasteiger partial charge in [0.2, 0.25) is 0 Å². The van der Waals surface area contributed by atoms with Crippen molar-refractivity contribution in [3.63, 3.8) is 0 Å². The number of nitrogens with zero attached hydrogens (tertiary/aromatic N) is 2. The molecule has 0 amide bonds. The Morgan fingerprint density at radius 2 is 2.26 bits per heavy atom. The van der Waals surface area contributed by atoms with E-state index < -0.39 is 0 Å². The van der Waals surface area contributed by atoms with Crippen LogP contribution in [0.3, 0.4) is 0 Å². The highest BCUT2D eigenvalue weighted by Gasteiger charge is 2.21. The van der Waals surface area contributed by atoms with E-state index in [-0.39, 0.29) is 6.04 Å². The lowest BCUT2D eigenvalue weighted by Gasteiger charge is -2.29. The van der Waals surface area contributed by atoms with Gasteiger partial charge in [-0.25, -0.2) is 0 Å². The van der Waals surface area contributed by atoms with E-state index in [1.807, 2.05) is 18.3 Å². The second-order valence-electron chi connectivity index (χ2n) is 4.27. The fraction of sp³-hybridized carbons (Fsp3) is 0.357. The zero-order chi connectivity index (χ0) is 13.7. The van der Waals surface area contributed by atoms with Crippen LogP contribution in [0.5, 0.6) is 0 Å². The maximum atomic E-state index is 5.99. The molecule has 2 N–H and O–H groups in total. The molecule has 0 fully saturated rings. The number of pyridine rings is 1. The zero-order valence-electron chi connectivity index (χ0n) is 10.9. The van der Waals surface area contributed by atoms with Crippen LogP contribution in [0, 0.1) is 0 Å². The molecule has 1 atom stereocenters. The van der Waals surface area contributed by atoms with Crippen LogP contribution >= 0.6 is 27.3 Å². The summed E-state index contributed by atoms with van der Waals surface area (Å²) in [7, 11) is 0. The first kappa shape index (κ1) is 14.7. The lowest BCUT2D eigenvalue weighted by Crippen LogP contribution is -2.33. The molecule has 0 aliphatic carbocycles. The third-order valence-corrected chi connectivity index (χ3v) is 5.08. The van der Waals surface area contributed by atoms with Gasteiger partial charge in [-0.15, -0.1) is 11.3 Å². The molecule has 5 heteroatoms. The lowest BCUT2D eigenvalue weighted by atomic mass is 10.2. The third kappa shape index (κ3) is 3.63.